The number of rotatable bonds is 1. The fraction of sp³-hybridized carbons (Fsp3) is 0.905. The highest BCUT2D eigenvalue weighted by molar-refractivity contribution is 5.23. The lowest BCUT2D eigenvalue weighted by Gasteiger charge is -2.56. The smallest absolute Gasteiger partial charge is 0.118 e. The second kappa shape index (κ2) is 5.58. The van der Waals surface area contributed by atoms with Crippen LogP contribution >= 0.6 is 0 Å². The molecule has 4 fully saturated rings. The van der Waals surface area contributed by atoms with Gasteiger partial charge in [-0.1, -0.05) is 18.6 Å². The van der Waals surface area contributed by atoms with Crippen LogP contribution in [0.15, 0.2) is 11.6 Å². The van der Waals surface area contributed by atoms with E-state index in [2.05, 4.69) is 19.9 Å². The summed E-state index contributed by atoms with van der Waals surface area (Å²) in [5.41, 5.74) is 1.19. The molecule has 2 heteroatoms. The zero-order valence-electron chi connectivity index (χ0n) is 14.9. The van der Waals surface area contributed by atoms with Gasteiger partial charge >= 0.3 is 0 Å². The Morgan fingerprint density at radius 1 is 1.09 bits per heavy atom. The highest BCUT2D eigenvalue weighted by Gasteiger charge is 2.56. The molecule has 0 aromatic heterocycles. The van der Waals surface area contributed by atoms with Gasteiger partial charge in [0.1, 0.15) is 6.67 Å². The van der Waals surface area contributed by atoms with E-state index in [1.165, 1.54) is 38.5 Å². The van der Waals surface area contributed by atoms with Crippen molar-refractivity contribution in [3.63, 3.8) is 0 Å². The summed E-state index contributed by atoms with van der Waals surface area (Å²) < 4.78 is 13.2. The van der Waals surface area contributed by atoms with Crippen molar-refractivity contribution < 1.29 is 9.50 Å². The maximum absolute atomic E-state index is 13.2. The fourth-order valence-electron chi connectivity index (χ4n) is 7.41. The summed E-state index contributed by atoms with van der Waals surface area (Å²) in [4.78, 5) is 0. The normalized spacial score (nSPS) is 54.4. The number of hydrogen-bond donors (Lipinski definition) is 1. The largest absolute Gasteiger partial charge is 0.387 e. The fourth-order valence-corrected chi connectivity index (χ4v) is 7.41. The van der Waals surface area contributed by atoms with Crippen LogP contribution in [0.3, 0.4) is 0 Å². The van der Waals surface area contributed by atoms with E-state index in [-0.39, 0.29) is 0 Å². The first kappa shape index (κ1) is 16.1. The van der Waals surface area contributed by atoms with E-state index in [1.54, 1.807) is 5.57 Å². The Bertz CT molecular complexity index is 500. The molecule has 2 unspecified atom stereocenters. The predicted octanol–water partition coefficient (Wildman–Crippen LogP) is 5.29. The van der Waals surface area contributed by atoms with Crippen LogP contribution < -0.4 is 0 Å². The van der Waals surface area contributed by atoms with E-state index in [9.17, 15) is 9.50 Å². The van der Waals surface area contributed by atoms with Crippen LogP contribution in [-0.2, 0) is 0 Å². The molecule has 0 aromatic rings. The highest BCUT2D eigenvalue weighted by Crippen LogP contribution is 2.64. The molecule has 4 rings (SSSR count). The number of fused-ring (bicyclic) bond motifs is 5. The van der Waals surface area contributed by atoms with Crippen LogP contribution in [0.2, 0.25) is 0 Å². The quantitative estimate of drug-likeness (QED) is 0.651. The monoisotopic (exact) mass is 320 g/mol. The van der Waals surface area contributed by atoms with Gasteiger partial charge in [-0.2, -0.15) is 0 Å². The lowest BCUT2D eigenvalue weighted by atomic mass is 9.49. The summed E-state index contributed by atoms with van der Waals surface area (Å²) in [5.74, 6) is 3.98. The molecule has 7 atom stereocenters. The average Bonchev–Trinajstić information content (AvgIpc) is 2.90. The van der Waals surface area contributed by atoms with Gasteiger partial charge < -0.3 is 5.11 Å². The molecule has 1 nitrogen and oxygen atoms in total. The molecular formula is C21H33FO. The lowest BCUT2D eigenvalue weighted by Crippen LogP contribution is -2.50. The molecule has 0 radical (unpaired) electrons. The minimum atomic E-state index is -0.997. The molecule has 0 amide bonds. The van der Waals surface area contributed by atoms with Gasteiger partial charge in [0.2, 0.25) is 0 Å². The molecule has 1 N–H and O–H groups in total. The zero-order valence-corrected chi connectivity index (χ0v) is 14.9. The Morgan fingerprint density at radius 2 is 1.87 bits per heavy atom. The van der Waals surface area contributed by atoms with E-state index in [1.807, 2.05) is 0 Å². The number of halogens is 1. The van der Waals surface area contributed by atoms with Crippen LogP contribution in [0, 0.1) is 35.0 Å². The highest BCUT2D eigenvalue weighted by atomic mass is 19.1. The van der Waals surface area contributed by atoms with Gasteiger partial charge in [-0.3, -0.25) is 0 Å². The first-order chi connectivity index (χ1) is 11.0. The van der Waals surface area contributed by atoms with Gasteiger partial charge in [0.05, 0.1) is 5.60 Å². The Labute approximate surface area is 140 Å². The van der Waals surface area contributed by atoms with Gasteiger partial charge in [0, 0.05) is 0 Å². The average molecular weight is 320 g/mol. The van der Waals surface area contributed by atoms with Crippen LogP contribution in [0.1, 0.15) is 71.6 Å². The molecular weight excluding hydrogens is 287 g/mol. The molecule has 0 spiro atoms. The van der Waals surface area contributed by atoms with E-state index in [0.717, 1.165) is 36.5 Å². The van der Waals surface area contributed by atoms with Gasteiger partial charge in [-0.25, -0.2) is 4.39 Å². The molecule has 130 valence electrons. The second-order valence-electron chi connectivity index (χ2n) is 9.34. The molecule has 23 heavy (non-hydrogen) atoms. The minimum absolute atomic E-state index is 0.469. The summed E-state index contributed by atoms with van der Waals surface area (Å²) in [7, 11) is 0. The summed E-state index contributed by atoms with van der Waals surface area (Å²) >= 11 is 0. The van der Waals surface area contributed by atoms with Crippen molar-refractivity contribution in [1.29, 1.82) is 0 Å². The number of alkyl halides is 1. The standard InChI is InChI=1S/C21H33FO/c1-3-15-5-7-19-18-6-4-14-12-21(23,13-22)11-9-16(14)17(18)8-10-20(15,19)2/h3,14,16-19,23H,4-13H2,1-2H3/b15-3-/t14-,16?,17-,18?,19+,20-,21+/m1/s1. The SMILES string of the molecule is C/C=C1/CC[C@H]2C3CC[C@@H]4C[C@](O)(CF)CCC4[C@H]3CC[C@]12C. The summed E-state index contributed by atoms with van der Waals surface area (Å²) in [6.45, 7) is 4.21. The van der Waals surface area contributed by atoms with E-state index < -0.39 is 12.3 Å². The van der Waals surface area contributed by atoms with Gasteiger partial charge in [0.15, 0.2) is 0 Å². The molecule has 0 aromatic carbocycles. The van der Waals surface area contributed by atoms with Crippen LogP contribution in [0.25, 0.3) is 0 Å². The van der Waals surface area contributed by atoms with Gasteiger partial charge in [-0.05, 0) is 99.7 Å². The first-order valence-corrected chi connectivity index (χ1v) is 9.95. The Balaban J connectivity index is 1.55. The van der Waals surface area contributed by atoms with Crippen LogP contribution in [-0.4, -0.2) is 17.4 Å². The maximum atomic E-state index is 13.2. The van der Waals surface area contributed by atoms with Crippen molar-refractivity contribution >= 4 is 0 Å². The third-order valence-electron chi connectivity index (χ3n) is 8.55. The first-order valence-electron chi connectivity index (χ1n) is 9.95. The van der Waals surface area contributed by atoms with Crippen molar-refractivity contribution in [2.24, 2.45) is 35.0 Å². The van der Waals surface area contributed by atoms with E-state index >= 15 is 0 Å². The van der Waals surface area contributed by atoms with Crippen molar-refractivity contribution in [3.8, 4) is 0 Å². The summed E-state index contributed by atoms with van der Waals surface area (Å²) in [5, 5.41) is 10.4. The third-order valence-corrected chi connectivity index (χ3v) is 8.55. The Kier molecular flexibility index (Phi) is 3.91. The summed E-state index contributed by atoms with van der Waals surface area (Å²) in [6, 6.07) is 0. The molecule has 4 saturated carbocycles. The van der Waals surface area contributed by atoms with Gasteiger partial charge in [-0.15, -0.1) is 0 Å². The third kappa shape index (κ3) is 2.34. The topological polar surface area (TPSA) is 20.2 Å². The number of allylic oxidation sites excluding steroid dienone is 2. The molecule has 0 bridgehead atoms. The molecule has 4 aliphatic rings. The molecule has 0 saturated heterocycles. The maximum Gasteiger partial charge on any atom is 0.118 e. The molecule has 0 aliphatic heterocycles. The summed E-state index contributed by atoms with van der Waals surface area (Å²) in [6.07, 6.45) is 12.9. The van der Waals surface area contributed by atoms with Gasteiger partial charge in [0.25, 0.3) is 0 Å². The van der Waals surface area contributed by atoms with Crippen LogP contribution in [0.5, 0.6) is 0 Å². The molecule has 4 aliphatic carbocycles. The minimum Gasteiger partial charge on any atom is -0.387 e. The van der Waals surface area contributed by atoms with E-state index in [0.29, 0.717) is 17.8 Å². The Morgan fingerprint density at radius 3 is 2.61 bits per heavy atom. The van der Waals surface area contributed by atoms with E-state index in [4.69, 9.17) is 0 Å². The van der Waals surface area contributed by atoms with Crippen molar-refractivity contribution in [3.05, 3.63) is 11.6 Å². The Hall–Kier alpha value is -0.370. The van der Waals surface area contributed by atoms with Crippen molar-refractivity contribution in [1.82, 2.24) is 0 Å². The lowest BCUT2D eigenvalue weighted by molar-refractivity contribution is -0.104. The zero-order chi connectivity index (χ0) is 16.2. The predicted molar refractivity (Wildman–Crippen MR) is 91.8 cm³/mol. The van der Waals surface area contributed by atoms with Crippen LogP contribution in [0.4, 0.5) is 4.39 Å². The second-order valence-corrected chi connectivity index (χ2v) is 9.34. The number of aliphatic hydroxyl groups is 1. The number of hydrogen-bond acceptors (Lipinski definition) is 1. The van der Waals surface area contributed by atoms with Crippen molar-refractivity contribution in [2.75, 3.05) is 6.67 Å². The van der Waals surface area contributed by atoms with Crippen molar-refractivity contribution in [2.45, 2.75) is 77.2 Å². The molecule has 0 heterocycles.